The summed E-state index contributed by atoms with van der Waals surface area (Å²) in [4.78, 5) is 25.1. The average molecular weight is 511 g/mol. The molecule has 4 aromatic carbocycles. The Morgan fingerprint density at radius 1 is 0.921 bits per heavy atom. The number of hydrogen-bond donors (Lipinski definition) is 1. The summed E-state index contributed by atoms with van der Waals surface area (Å²) in [6.07, 6.45) is 3.74. The van der Waals surface area contributed by atoms with Crippen LogP contribution in [0.25, 0.3) is 10.8 Å². The zero-order chi connectivity index (χ0) is 26.7. The summed E-state index contributed by atoms with van der Waals surface area (Å²) in [5.41, 5.74) is 4.56. The van der Waals surface area contributed by atoms with E-state index in [1.165, 1.54) is 13.3 Å². The number of hydrogen-bond acceptors (Lipinski definition) is 6. The Bertz CT molecular complexity index is 1420. The van der Waals surface area contributed by atoms with Gasteiger partial charge in [-0.15, -0.1) is 0 Å². The maximum atomic E-state index is 12.6. The number of fused-ring (bicyclic) bond motifs is 1. The SMILES string of the molecule is CCCCOc1ccc(C(=O)Oc2ccc(/C=N\NC(=O)Cc3cccc4ccccc34)cc2OC)cc1. The number of nitrogens with zero attached hydrogens (tertiary/aromatic N) is 1. The lowest BCUT2D eigenvalue weighted by atomic mass is 10.0. The van der Waals surface area contributed by atoms with Crippen LogP contribution in [-0.4, -0.2) is 31.8 Å². The van der Waals surface area contributed by atoms with Gasteiger partial charge in [0.25, 0.3) is 0 Å². The molecular weight excluding hydrogens is 480 g/mol. The van der Waals surface area contributed by atoms with Crippen molar-refractivity contribution in [1.29, 1.82) is 0 Å². The minimum Gasteiger partial charge on any atom is -0.494 e. The average Bonchev–Trinajstić information content (AvgIpc) is 2.94. The Kier molecular flexibility index (Phi) is 9.07. The van der Waals surface area contributed by atoms with Gasteiger partial charge in [0.15, 0.2) is 11.5 Å². The van der Waals surface area contributed by atoms with Crippen LogP contribution in [0.2, 0.25) is 0 Å². The van der Waals surface area contributed by atoms with E-state index < -0.39 is 5.97 Å². The van der Waals surface area contributed by atoms with Gasteiger partial charge in [-0.1, -0.05) is 55.8 Å². The summed E-state index contributed by atoms with van der Waals surface area (Å²) in [7, 11) is 1.49. The zero-order valence-corrected chi connectivity index (χ0v) is 21.5. The van der Waals surface area contributed by atoms with E-state index >= 15 is 0 Å². The number of carbonyl (C=O) groups is 2. The van der Waals surface area contributed by atoms with Gasteiger partial charge < -0.3 is 14.2 Å². The van der Waals surface area contributed by atoms with Gasteiger partial charge in [0.05, 0.1) is 31.9 Å². The van der Waals surface area contributed by atoms with Crippen molar-refractivity contribution in [1.82, 2.24) is 5.43 Å². The van der Waals surface area contributed by atoms with Gasteiger partial charge in [-0.05, 0) is 70.8 Å². The second-order valence-electron chi connectivity index (χ2n) is 8.63. The van der Waals surface area contributed by atoms with E-state index in [1.807, 2.05) is 42.5 Å². The highest BCUT2D eigenvalue weighted by Gasteiger charge is 2.13. The lowest BCUT2D eigenvalue weighted by Gasteiger charge is -2.10. The molecule has 1 amide bonds. The minimum absolute atomic E-state index is 0.211. The van der Waals surface area contributed by atoms with Crippen LogP contribution in [0.15, 0.2) is 90.0 Å². The summed E-state index contributed by atoms with van der Waals surface area (Å²) in [6, 6.07) is 25.7. The summed E-state index contributed by atoms with van der Waals surface area (Å²) < 4.78 is 16.6. The molecule has 38 heavy (non-hydrogen) atoms. The number of ether oxygens (including phenoxy) is 3. The van der Waals surface area contributed by atoms with Crippen molar-refractivity contribution in [2.75, 3.05) is 13.7 Å². The number of hydrazone groups is 1. The minimum atomic E-state index is -0.509. The van der Waals surface area contributed by atoms with Crippen molar-refractivity contribution >= 4 is 28.9 Å². The largest absolute Gasteiger partial charge is 0.494 e. The third kappa shape index (κ3) is 6.97. The lowest BCUT2D eigenvalue weighted by molar-refractivity contribution is -0.120. The lowest BCUT2D eigenvalue weighted by Crippen LogP contribution is -2.19. The molecule has 7 heteroatoms. The van der Waals surface area contributed by atoms with Crippen LogP contribution >= 0.6 is 0 Å². The molecule has 0 heterocycles. The van der Waals surface area contributed by atoms with Crippen molar-refractivity contribution in [3.8, 4) is 17.2 Å². The molecule has 7 nitrogen and oxygen atoms in total. The van der Waals surface area contributed by atoms with E-state index in [2.05, 4.69) is 17.5 Å². The molecule has 4 aromatic rings. The van der Waals surface area contributed by atoms with Crippen molar-refractivity contribution in [3.63, 3.8) is 0 Å². The van der Waals surface area contributed by atoms with Gasteiger partial charge in [0, 0.05) is 0 Å². The highest BCUT2D eigenvalue weighted by Crippen LogP contribution is 2.28. The molecular formula is C31H30N2O5. The Morgan fingerprint density at radius 3 is 2.50 bits per heavy atom. The molecule has 0 aromatic heterocycles. The third-order valence-corrected chi connectivity index (χ3v) is 5.88. The highest BCUT2D eigenvalue weighted by molar-refractivity contribution is 5.92. The first-order valence-electron chi connectivity index (χ1n) is 12.5. The number of nitrogens with one attached hydrogen (secondary N) is 1. The van der Waals surface area contributed by atoms with Gasteiger partial charge in [0.1, 0.15) is 5.75 Å². The van der Waals surface area contributed by atoms with Gasteiger partial charge in [-0.3, -0.25) is 4.79 Å². The summed E-state index contributed by atoms with van der Waals surface area (Å²) in [5.74, 6) is 0.615. The summed E-state index contributed by atoms with van der Waals surface area (Å²) in [6.45, 7) is 2.74. The monoisotopic (exact) mass is 510 g/mol. The van der Waals surface area contributed by atoms with Crippen LogP contribution in [0.4, 0.5) is 0 Å². The van der Waals surface area contributed by atoms with E-state index in [-0.39, 0.29) is 18.1 Å². The first-order valence-corrected chi connectivity index (χ1v) is 12.5. The number of unbranched alkanes of at least 4 members (excludes halogenated alkanes) is 1. The molecule has 0 aliphatic rings. The highest BCUT2D eigenvalue weighted by atomic mass is 16.6. The molecule has 0 spiro atoms. The van der Waals surface area contributed by atoms with Gasteiger partial charge >= 0.3 is 5.97 Å². The van der Waals surface area contributed by atoms with E-state index in [9.17, 15) is 9.59 Å². The normalized spacial score (nSPS) is 10.9. The molecule has 0 radical (unpaired) electrons. The number of esters is 1. The van der Waals surface area contributed by atoms with Crippen molar-refractivity contribution in [2.45, 2.75) is 26.2 Å². The van der Waals surface area contributed by atoms with Crippen molar-refractivity contribution < 1.29 is 23.8 Å². The molecule has 0 saturated carbocycles. The molecule has 0 aliphatic carbocycles. The van der Waals surface area contributed by atoms with Crippen molar-refractivity contribution in [2.24, 2.45) is 5.10 Å². The predicted molar refractivity (Wildman–Crippen MR) is 148 cm³/mol. The molecule has 0 aliphatic heterocycles. The molecule has 0 saturated heterocycles. The standard InChI is InChI=1S/C31H30N2O5/c1-3-4-18-37-26-15-13-24(14-16-26)31(35)38-28-17-12-22(19-29(28)36-2)21-32-33-30(34)20-25-10-7-9-23-8-5-6-11-27(23)25/h5-17,19,21H,3-4,18,20H2,1-2H3,(H,33,34)/b32-21-. The Labute approximate surface area is 222 Å². The molecule has 0 fully saturated rings. The second kappa shape index (κ2) is 13.1. The van der Waals surface area contributed by atoms with Crippen LogP contribution in [0, 0.1) is 0 Å². The molecule has 0 unspecified atom stereocenters. The topological polar surface area (TPSA) is 86.2 Å². The molecule has 194 valence electrons. The predicted octanol–water partition coefficient (Wildman–Crippen LogP) is 5.94. The first-order chi connectivity index (χ1) is 18.6. The van der Waals surface area contributed by atoms with E-state index in [0.717, 1.165) is 29.2 Å². The fourth-order valence-corrected chi connectivity index (χ4v) is 3.87. The molecule has 1 N–H and O–H groups in total. The van der Waals surface area contributed by atoms with Crippen LogP contribution in [0.5, 0.6) is 17.2 Å². The number of benzene rings is 4. The van der Waals surface area contributed by atoms with Crippen LogP contribution in [0.3, 0.4) is 0 Å². The number of carbonyl (C=O) groups excluding carboxylic acids is 2. The van der Waals surface area contributed by atoms with Crippen LogP contribution < -0.4 is 19.6 Å². The van der Waals surface area contributed by atoms with Crippen LogP contribution in [-0.2, 0) is 11.2 Å². The van der Waals surface area contributed by atoms with E-state index in [0.29, 0.717) is 29.2 Å². The molecule has 4 rings (SSSR count). The Morgan fingerprint density at radius 2 is 1.71 bits per heavy atom. The second-order valence-corrected chi connectivity index (χ2v) is 8.63. The number of methoxy groups -OCH3 is 1. The summed E-state index contributed by atoms with van der Waals surface area (Å²) >= 11 is 0. The van der Waals surface area contributed by atoms with Crippen molar-refractivity contribution in [3.05, 3.63) is 102 Å². The third-order valence-electron chi connectivity index (χ3n) is 5.88. The van der Waals surface area contributed by atoms with Crippen LogP contribution in [0.1, 0.15) is 41.3 Å². The first kappa shape index (κ1) is 26.4. The van der Waals surface area contributed by atoms with Gasteiger partial charge in [-0.2, -0.15) is 5.10 Å². The fraction of sp³-hybridized carbons (Fsp3) is 0.194. The summed E-state index contributed by atoms with van der Waals surface area (Å²) in [5, 5.41) is 6.19. The van der Waals surface area contributed by atoms with E-state index in [1.54, 1.807) is 42.5 Å². The Hall–Kier alpha value is -4.65. The van der Waals surface area contributed by atoms with E-state index in [4.69, 9.17) is 14.2 Å². The smallest absolute Gasteiger partial charge is 0.343 e. The Balaban J connectivity index is 1.34. The molecule has 0 bridgehead atoms. The zero-order valence-electron chi connectivity index (χ0n) is 21.5. The number of rotatable bonds is 11. The van der Waals surface area contributed by atoms with Gasteiger partial charge in [-0.25, -0.2) is 10.2 Å². The fourth-order valence-electron chi connectivity index (χ4n) is 3.87. The quantitative estimate of drug-likeness (QED) is 0.0887. The van der Waals surface area contributed by atoms with Gasteiger partial charge in [0.2, 0.25) is 5.91 Å². The number of amides is 1. The maximum Gasteiger partial charge on any atom is 0.343 e. The maximum absolute atomic E-state index is 12.6. The molecule has 0 atom stereocenters.